The van der Waals surface area contributed by atoms with Gasteiger partial charge in [0.05, 0.1) is 12.7 Å². The molecule has 1 aliphatic heterocycles. The Kier molecular flexibility index (Phi) is 4.42. The molecule has 88 valence electrons. The Balaban J connectivity index is 1.91. The first-order valence-electron chi connectivity index (χ1n) is 6.16. The highest BCUT2D eigenvalue weighted by Crippen LogP contribution is 2.32. The summed E-state index contributed by atoms with van der Waals surface area (Å²) >= 11 is 3.46. The zero-order valence-electron chi connectivity index (χ0n) is 9.79. The molecule has 16 heavy (non-hydrogen) atoms. The SMILES string of the molecule is CCCC1CC[C@@H](c2ccc(Br)cc2)OC1. The van der Waals surface area contributed by atoms with Crippen LogP contribution in [0, 0.1) is 5.92 Å². The van der Waals surface area contributed by atoms with Gasteiger partial charge in [0.1, 0.15) is 0 Å². The van der Waals surface area contributed by atoms with E-state index in [1.807, 2.05) is 0 Å². The molecule has 0 saturated carbocycles. The molecule has 2 heteroatoms. The molecule has 0 N–H and O–H groups in total. The fourth-order valence-electron chi connectivity index (χ4n) is 2.38. The molecule has 0 aromatic heterocycles. The zero-order valence-corrected chi connectivity index (χ0v) is 11.4. The molecule has 1 nitrogen and oxygen atoms in total. The lowest BCUT2D eigenvalue weighted by molar-refractivity contribution is -0.0194. The third-order valence-electron chi connectivity index (χ3n) is 3.31. The van der Waals surface area contributed by atoms with Crippen molar-refractivity contribution in [1.29, 1.82) is 0 Å². The minimum absolute atomic E-state index is 0.321. The molecule has 0 bridgehead atoms. The predicted molar refractivity (Wildman–Crippen MR) is 70.5 cm³/mol. The highest BCUT2D eigenvalue weighted by molar-refractivity contribution is 9.10. The van der Waals surface area contributed by atoms with Crippen molar-refractivity contribution in [2.24, 2.45) is 5.92 Å². The van der Waals surface area contributed by atoms with E-state index in [1.54, 1.807) is 0 Å². The Morgan fingerprint density at radius 1 is 1.25 bits per heavy atom. The molecule has 0 radical (unpaired) electrons. The van der Waals surface area contributed by atoms with E-state index in [0.717, 1.165) is 17.0 Å². The van der Waals surface area contributed by atoms with Crippen molar-refractivity contribution in [1.82, 2.24) is 0 Å². The van der Waals surface area contributed by atoms with Crippen LogP contribution < -0.4 is 0 Å². The van der Waals surface area contributed by atoms with Gasteiger partial charge in [0.15, 0.2) is 0 Å². The van der Waals surface area contributed by atoms with Crippen LogP contribution in [-0.2, 0) is 4.74 Å². The zero-order chi connectivity index (χ0) is 11.4. The third-order valence-corrected chi connectivity index (χ3v) is 3.84. The predicted octanol–water partition coefficient (Wildman–Crippen LogP) is 4.72. The average molecular weight is 283 g/mol. The smallest absolute Gasteiger partial charge is 0.0825 e. The Bertz CT molecular complexity index is 312. The van der Waals surface area contributed by atoms with E-state index < -0.39 is 0 Å². The lowest BCUT2D eigenvalue weighted by Crippen LogP contribution is -2.20. The molecule has 2 rings (SSSR count). The van der Waals surface area contributed by atoms with Crippen LogP contribution in [0.15, 0.2) is 28.7 Å². The molecule has 1 saturated heterocycles. The summed E-state index contributed by atoms with van der Waals surface area (Å²) in [6.45, 7) is 3.19. The molecule has 1 aromatic rings. The summed E-state index contributed by atoms with van der Waals surface area (Å²) in [4.78, 5) is 0. The van der Waals surface area contributed by atoms with E-state index in [4.69, 9.17) is 4.74 Å². The Morgan fingerprint density at radius 2 is 2.00 bits per heavy atom. The molecule has 0 aliphatic carbocycles. The van der Waals surface area contributed by atoms with Crippen LogP contribution in [0.2, 0.25) is 0 Å². The number of hydrogen-bond donors (Lipinski definition) is 0. The second-order valence-corrected chi connectivity index (χ2v) is 5.52. The van der Waals surface area contributed by atoms with Crippen molar-refractivity contribution in [3.05, 3.63) is 34.3 Å². The summed E-state index contributed by atoms with van der Waals surface area (Å²) in [5, 5.41) is 0. The van der Waals surface area contributed by atoms with Gasteiger partial charge in [-0.1, -0.05) is 41.4 Å². The van der Waals surface area contributed by atoms with Crippen molar-refractivity contribution >= 4 is 15.9 Å². The second-order valence-electron chi connectivity index (χ2n) is 4.61. The van der Waals surface area contributed by atoms with Crippen molar-refractivity contribution in [3.63, 3.8) is 0 Å². The molecule has 1 aliphatic rings. The summed E-state index contributed by atoms with van der Waals surface area (Å²) in [7, 11) is 0. The van der Waals surface area contributed by atoms with Crippen molar-refractivity contribution in [2.45, 2.75) is 38.7 Å². The number of halogens is 1. The lowest BCUT2D eigenvalue weighted by atomic mass is 9.92. The lowest BCUT2D eigenvalue weighted by Gasteiger charge is -2.29. The molecule has 1 fully saturated rings. The van der Waals surface area contributed by atoms with Crippen LogP contribution in [0.5, 0.6) is 0 Å². The van der Waals surface area contributed by atoms with E-state index in [1.165, 1.54) is 31.2 Å². The van der Waals surface area contributed by atoms with Crippen molar-refractivity contribution < 1.29 is 4.74 Å². The first kappa shape index (κ1) is 12.1. The first-order valence-corrected chi connectivity index (χ1v) is 6.96. The van der Waals surface area contributed by atoms with Gasteiger partial charge >= 0.3 is 0 Å². The van der Waals surface area contributed by atoms with Gasteiger partial charge in [0.25, 0.3) is 0 Å². The van der Waals surface area contributed by atoms with Crippen molar-refractivity contribution in [3.8, 4) is 0 Å². The quantitative estimate of drug-likeness (QED) is 0.780. The third kappa shape index (κ3) is 3.08. The minimum Gasteiger partial charge on any atom is -0.373 e. The molecular weight excluding hydrogens is 264 g/mol. The number of hydrogen-bond acceptors (Lipinski definition) is 1. The Hall–Kier alpha value is -0.340. The van der Waals surface area contributed by atoms with E-state index in [0.29, 0.717) is 6.10 Å². The first-order chi connectivity index (χ1) is 7.79. The largest absolute Gasteiger partial charge is 0.373 e. The standard InChI is InChI=1S/C14H19BrO/c1-2-3-11-4-9-14(16-10-11)12-5-7-13(15)8-6-12/h5-8,11,14H,2-4,9-10H2,1H3/t11?,14-/m0/s1. The molecule has 1 heterocycles. The monoisotopic (exact) mass is 282 g/mol. The van der Waals surface area contributed by atoms with Crippen LogP contribution >= 0.6 is 15.9 Å². The van der Waals surface area contributed by atoms with E-state index in [2.05, 4.69) is 47.1 Å². The molecule has 1 unspecified atom stereocenters. The van der Waals surface area contributed by atoms with Gasteiger partial charge in [-0.15, -0.1) is 0 Å². The minimum atomic E-state index is 0.321. The van der Waals surface area contributed by atoms with Gasteiger partial charge in [-0.05, 0) is 42.9 Å². The van der Waals surface area contributed by atoms with Gasteiger partial charge in [-0.2, -0.15) is 0 Å². The number of ether oxygens (including phenoxy) is 1. The van der Waals surface area contributed by atoms with Gasteiger partial charge in [0.2, 0.25) is 0 Å². The van der Waals surface area contributed by atoms with Gasteiger partial charge in [-0.3, -0.25) is 0 Å². The maximum absolute atomic E-state index is 5.95. The van der Waals surface area contributed by atoms with E-state index in [9.17, 15) is 0 Å². The summed E-state index contributed by atoms with van der Waals surface area (Å²) in [6, 6.07) is 8.51. The summed E-state index contributed by atoms with van der Waals surface area (Å²) in [6.07, 6.45) is 5.39. The molecule has 2 atom stereocenters. The maximum Gasteiger partial charge on any atom is 0.0825 e. The highest BCUT2D eigenvalue weighted by Gasteiger charge is 2.22. The van der Waals surface area contributed by atoms with Crippen LogP contribution in [0.1, 0.15) is 44.3 Å². The average Bonchev–Trinajstić information content (AvgIpc) is 2.32. The van der Waals surface area contributed by atoms with E-state index >= 15 is 0 Å². The summed E-state index contributed by atoms with van der Waals surface area (Å²) in [5.74, 6) is 0.789. The highest BCUT2D eigenvalue weighted by atomic mass is 79.9. The van der Waals surface area contributed by atoms with E-state index in [-0.39, 0.29) is 0 Å². The van der Waals surface area contributed by atoms with Crippen LogP contribution in [-0.4, -0.2) is 6.61 Å². The number of benzene rings is 1. The molecular formula is C14H19BrO. The molecule has 0 spiro atoms. The summed E-state index contributed by atoms with van der Waals surface area (Å²) < 4.78 is 7.09. The van der Waals surface area contributed by atoms with Gasteiger partial charge in [-0.25, -0.2) is 0 Å². The number of rotatable bonds is 3. The second kappa shape index (κ2) is 5.83. The maximum atomic E-state index is 5.95. The fraction of sp³-hybridized carbons (Fsp3) is 0.571. The van der Waals surface area contributed by atoms with Crippen molar-refractivity contribution in [2.75, 3.05) is 6.61 Å². The fourth-order valence-corrected chi connectivity index (χ4v) is 2.65. The van der Waals surface area contributed by atoms with Crippen LogP contribution in [0.25, 0.3) is 0 Å². The normalized spacial score (nSPS) is 25.6. The van der Waals surface area contributed by atoms with Crippen LogP contribution in [0.4, 0.5) is 0 Å². The van der Waals surface area contributed by atoms with Gasteiger partial charge < -0.3 is 4.74 Å². The topological polar surface area (TPSA) is 9.23 Å². The Morgan fingerprint density at radius 3 is 2.56 bits per heavy atom. The Labute approximate surface area is 106 Å². The van der Waals surface area contributed by atoms with Gasteiger partial charge in [0, 0.05) is 4.47 Å². The summed E-state index contributed by atoms with van der Waals surface area (Å²) in [5.41, 5.74) is 1.32. The molecule has 1 aromatic carbocycles. The van der Waals surface area contributed by atoms with Crippen LogP contribution in [0.3, 0.4) is 0 Å². The molecule has 0 amide bonds.